The second kappa shape index (κ2) is 5.41. The van der Waals surface area contributed by atoms with Crippen molar-refractivity contribution in [3.63, 3.8) is 0 Å². The second-order valence-electron chi connectivity index (χ2n) is 4.09. The minimum atomic E-state index is 0.193. The standard InChI is InChI=1S/C11H17N3OS/c1-9(15)14-5-2-10(3-6-14)13-8-11-12-4-7-16-11/h4,7,10,13H,2-3,5-6,8H2,1H3. The van der Waals surface area contributed by atoms with Crippen LogP contribution in [0.4, 0.5) is 0 Å². The Morgan fingerprint density at radius 2 is 2.38 bits per heavy atom. The van der Waals surface area contributed by atoms with Crippen molar-refractivity contribution < 1.29 is 4.79 Å². The van der Waals surface area contributed by atoms with Gasteiger partial charge in [-0.25, -0.2) is 4.98 Å². The number of aromatic nitrogens is 1. The Labute approximate surface area is 99.7 Å². The predicted octanol–water partition coefficient (Wildman–Crippen LogP) is 1.24. The molecule has 1 N–H and O–H groups in total. The minimum absolute atomic E-state index is 0.193. The van der Waals surface area contributed by atoms with Crippen LogP contribution in [0.25, 0.3) is 0 Å². The topological polar surface area (TPSA) is 45.2 Å². The number of carbonyl (C=O) groups is 1. The molecule has 2 heterocycles. The van der Waals surface area contributed by atoms with Gasteiger partial charge in [-0.3, -0.25) is 4.79 Å². The Balaban J connectivity index is 1.71. The van der Waals surface area contributed by atoms with Gasteiger partial charge in [-0.05, 0) is 12.8 Å². The number of piperidine rings is 1. The molecule has 4 nitrogen and oxygen atoms in total. The quantitative estimate of drug-likeness (QED) is 0.863. The molecule has 0 aliphatic carbocycles. The molecule has 1 amide bonds. The Hall–Kier alpha value is -0.940. The van der Waals surface area contributed by atoms with Crippen molar-refractivity contribution in [1.29, 1.82) is 0 Å². The molecule has 0 spiro atoms. The van der Waals surface area contributed by atoms with Crippen LogP contribution in [0, 0.1) is 0 Å². The number of carbonyl (C=O) groups excluding carboxylic acids is 1. The van der Waals surface area contributed by atoms with Crippen molar-refractivity contribution in [2.45, 2.75) is 32.4 Å². The van der Waals surface area contributed by atoms with Crippen LogP contribution in [-0.4, -0.2) is 34.9 Å². The van der Waals surface area contributed by atoms with Gasteiger partial charge in [-0.1, -0.05) is 0 Å². The molecule has 0 unspecified atom stereocenters. The number of nitrogens with zero attached hydrogens (tertiary/aromatic N) is 2. The molecule has 1 aromatic rings. The summed E-state index contributed by atoms with van der Waals surface area (Å²) in [6, 6.07) is 0.527. The molecule has 0 aromatic carbocycles. The monoisotopic (exact) mass is 239 g/mol. The summed E-state index contributed by atoms with van der Waals surface area (Å²) in [4.78, 5) is 17.3. The summed E-state index contributed by atoms with van der Waals surface area (Å²) in [7, 11) is 0. The highest BCUT2D eigenvalue weighted by atomic mass is 32.1. The molecule has 2 rings (SSSR count). The zero-order chi connectivity index (χ0) is 11.4. The molecule has 0 saturated carbocycles. The van der Waals surface area contributed by atoms with Gasteiger partial charge < -0.3 is 10.2 Å². The van der Waals surface area contributed by atoms with Crippen LogP contribution in [0.2, 0.25) is 0 Å². The smallest absolute Gasteiger partial charge is 0.219 e. The van der Waals surface area contributed by atoms with Gasteiger partial charge in [0.25, 0.3) is 0 Å². The van der Waals surface area contributed by atoms with Crippen molar-refractivity contribution in [2.24, 2.45) is 0 Å². The minimum Gasteiger partial charge on any atom is -0.343 e. The lowest BCUT2D eigenvalue weighted by Crippen LogP contribution is -2.43. The first kappa shape index (κ1) is 11.5. The lowest BCUT2D eigenvalue weighted by Gasteiger charge is -2.31. The van der Waals surface area contributed by atoms with Crippen LogP contribution in [0.1, 0.15) is 24.8 Å². The lowest BCUT2D eigenvalue weighted by molar-refractivity contribution is -0.129. The van der Waals surface area contributed by atoms with Gasteiger partial charge >= 0.3 is 0 Å². The average Bonchev–Trinajstić information content (AvgIpc) is 2.80. The van der Waals surface area contributed by atoms with E-state index in [0.717, 1.165) is 37.5 Å². The number of nitrogens with one attached hydrogen (secondary N) is 1. The summed E-state index contributed by atoms with van der Waals surface area (Å²) in [5, 5.41) is 6.62. The van der Waals surface area contributed by atoms with Gasteiger partial charge in [0.2, 0.25) is 5.91 Å². The molecule has 1 fully saturated rings. The lowest BCUT2D eigenvalue weighted by atomic mass is 10.1. The maximum atomic E-state index is 11.1. The molecule has 88 valence electrons. The Kier molecular flexibility index (Phi) is 3.90. The number of amides is 1. The Bertz CT molecular complexity index is 331. The van der Waals surface area contributed by atoms with E-state index in [1.54, 1.807) is 18.3 Å². The SMILES string of the molecule is CC(=O)N1CCC(NCc2nccs2)CC1. The maximum absolute atomic E-state index is 11.1. The number of rotatable bonds is 3. The average molecular weight is 239 g/mol. The molecule has 0 bridgehead atoms. The fourth-order valence-electron chi connectivity index (χ4n) is 1.97. The summed E-state index contributed by atoms with van der Waals surface area (Å²) in [5.74, 6) is 0.193. The summed E-state index contributed by atoms with van der Waals surface area (Å²) in [5.41, 5.74) is 0. The largest absolute Gasteiger partial charge is 0.343 e. The van der Waals surface area contributed by atoms with Gasteiger partial charge in [0, 0.05) is 44.2 Å². The highest BCUT2D eigenvalue weighted by molar-refractivity contribution is 7.09. The fourth-order valence-corrected chi connectivity index (χ4v) is 2.54. The first-order chi connectivity index (χ1) is 7.75. The van der Waals surface area contributed by atoms with E-state index in [2.05, 4.69) is 10.3 Å². The molecule has 0 radical (unpaired) electrons. The van der Waals surface area contributed by atoms with E-state index in [1.165, 1.54) is 0 Å². The number of likely N-dealkylation sites (tertiary alicyclic amines) is 1. The maximum Gasteiger partial charge on any atom is 0.219 e. The molecular weight excluding hydrogens is 222 g/mol. The summed E-state index contributed by atoms with van der Waals surface area (Å²) >= 11 is 1.68. The van der Waals surface area contributed by atoms with Crippen molar-refractivity contribution in [3.8, 4) is 0 Å². The molecular formula is C11H17N3OS. The zero-order valence-corrected chi connectivity index (χ0v) is 10.3. The second-order valence-corrected chi connectivity index (χ2v) is 5.07. The van der Waals surface area contributed by atoms with E-state index in [0.29, 0.717) is 6.04 Å². The van der Waals surface area contributed by atoms with Crippen LogP contribution in [0.3, 0.4) is 0 Å². The Morgan fingerprint density at radius 1 is 1.62 bits per heavy atom. The third-order valence-corrected chi connectivity index (χ3v) is 3.75. The van der Waals surface area contributed by atoms with Gasteiger partial charge in [-0.2, -0.15) is 0 Å². The van der Waals surface area contributed by atoms with E-state index in [9.17, 15) is 4.79 Å². The van der Waals surface area contributed by atoms with E-state index in [-0.39, 0.29) is 5.91 Å². The third kappa shape index (κ3) is 3.02. The van der Waals surface area contributed by atoms with Crippen molar-refractivity contribution >= 4 is 17.2 Å². The predicted molar refractivity (Wildman–Crippen MR) is 64.2 cm³/mol. The zero-order valence-electron chi connectivity index (χ0n) is 9.48. The van der Waals surface area contributed by atoms with Crippen molar-refractivity contribution in [3.05, 3.63) is 16.6 Å². The van der Waals surface area contributed by atoms with Crippen LogP contribution in [0.15, 0.2) is 11.6 Å². The van der Waals surface area contributed by atoms with E-state index in [4.69, 9.17) is 0 Å². The first-order valence-electron chi connectivity index (χ1n) is 5.63. The molecule has 1 saturated heterocycles. The van der Waals surface area contributed by atoms with Crippen LogP contribution < -0.4 is 5.32 Å². The summed E-state index contributed by atoms with van der Waals surface area (Å²) < 4.78 is 0. The summed E-state index contributed by atoms with van der Waals surface area (Å²) in [6.07, 6.45) is 3.93. The first-order valence-corrected chi connectivity index (χ1v) is 6.51. The van der Waals surface area contributed by atoms with Crippen molar-refractivity contribution in [2.75, 3.05) is 13.1 Å². The summed E-state index contributed by atoms with van der Waals surface area (Å²) in [6.45, 7) is 4.25. The van der Waals surface area contributed by atoms with E-state index in [1.807, 2.05) is 16.5 Å². The van der Waals surface area contributed by atoms with Gasteiger partial charge in [0.15, 0.2) is 0 Å². The molecule has 0 atom stereocenters. The number of thiazole rings is 1. The highest BCUT2D eigenvalue weighted by Crippen LogP contribution is 2.11. The highest BCUT2D eigenvalue weighted by Gasteiger charge is 2.20. The van der Waals surface area contributed by atoms with Crippen LogP contribution in [0.5, 0.6) is 0 Å². The van der Waals surface area contributed by atoms with E-state index >= 15 is 0 Å². The van der Waals surface area contributed by atoms with Crippen LogP contribution >= 0.6 is 11.3 Å². The van der Waals surface area contributed by atoms with Crippen molar-refractivity contribution in [1.82, 2.24) is 15.2 Å². The number of hydrogen-bond donors (Lipinski definition) is 1. The van der Waals surface area contributed by atoms with Crippen LogP contribution in [-0.2, 0) is 11.3 Å². The normalized spacial score (nSPS) is 17.7. The van der Waals surface area contributed by atoms with E-state index < -0.39 is 0 Å². The molecule has 16 heavy (non-hydrogen) atoms. The molecule has 1 aliphatic rings. The molecule has 5 heteroatoms. The molecule has 1 aromatic heterocycles. The van der Waals surface area contributed by atoms with Gasteiger partial charge in [-0.15, -0.1) is 11.3 Å². The van der Waals surface area contributed by atoms with Gasteiger partial charge in [0.05, 0.1) is 0 Å². The fraction of sp³-hybridized carbons (Fsp3) is 0.636. The number of hydrogen-bond acceptors (Lipinski definition) is 4. The third-order valence-electron chi connectivity index (χ3n) is 2.97. The Morgan fingerprint density at radius 3 is 2.94 bits per heavy atom. The van der Waals surface area contributed by atoms with Gasteiger partial charge in [0.1, 0.15) is 5.01 Å². The molecule has 1 aliphatic heterocycles.